The predicted molar refractivity (Wildman–Crippen MR) is 101 cm³/mol. The Hall–Kier alpha value is -1.58. The van der Waals surface area contributed by atoms with Crippen LogP contribution in [0.4, 0.5) is 0 Å². The van der Waals surface area contributed by atoms with E-state index >= 15 is 0 Å². The highest BCUT2D eigenvalue weighted by Gasteiger charge is 2.41. The predicted octanol–water partition coefficient (Wildman–Crippen LogP) is 5.32. The Morgan fingerprint density at radius 2 is 1.96 bits per heavy atom. The average molecular weight is 345 g/mol. The quantitative estimate of drug-likeness (QED) is 0.815. The Kier molecular flexibility index (Phi) is 4.84. The second-order valence-electron chi connectivity index (χ2n) is 6.92. The largest absolute Gasteiger partial charge is 0.387 e. The number of nitrogens with two attached hydrogens (primary N) is 1. The first kappa shape index (κ1) is 17.2. The van der Waals surface area contributed by atoms with Crippen molar-refractivity contribution in [3.8, 4) is 0 Å². The third kappa shape index (κ3) is 2.80. The van der Waals surface area contributed by atoms with Crippen LogP contribution in [0.3, 0.4) is 0 Å². The molecule has 0 amide bonds. The second kappa shape index (κ2) is 6.73. The smallest absolute Gasteiger partial charge is 0.176 e. The molecule has 0 saturated heterocycles. The number of fused-ring (bicyclic) bond motifs is 1. The topological polar surface area (TPSA) is 47.6 Å². The lowest BCUT2D eigenvalue weighted by Gasteiger charge is -2.41. The molecule has 128 valence electrons. The molecule has 3 rings (SSSR count). The molecule has 2 aromatic carbocycles. The highest BCUT2D eigenvalue weighted by atomic mass is 35.5. The summed E-state index contributed by atoms with van der Waals surface area (Å²) in [5, 5.41) is 2.83. The molecule has 3 nitrogen and oxygen atoms in total. The zero-order chi connectivity index (χ0) is 17.3. The fraction of sp³-hybridized carbons (Fsp3) is 0.450. The summed E-state index contributed by atoms with van der Waals surface area (Å²) < 4.78 is 6.20. The van der Waals surface area contributed by atoms with Crippen molar-refractivity contribution in [1.82, 2.24) is 0 Å². The van der Waals surface area contributed by atoms with Crippen molar-refractivity contribution < 1.29 is 4.74 Å². The molecule has 1 heterocycles. The van der Waals surface area contributed by atoms with Crippen molar-refractivity contribution in [3.05, 3.63) is 47.0 Å². The van der Waals surface area contributed by atoms with Gasteiger partial charge in [-0.2, -0.15) is 0 Å². The molecular weight excluding hydrogens is 320 g/mol. The molecule has 24 heavy (non-hydrogen) atoms. The Morgan fingerprint density at radius 1 is 1.25 bits per heavy atom. The Balaban J connectivity index is 2.05. The van der Waals surface area contributed by atoms with E-state index in [1.165, 1.54) is 0 Å². The maximum Gasteiger partial charge on any atom is 0.176 e. The highest BCUT2D eigenvalue weighted by molar-refractivity contribution is 6.35. The van der Waals surface area contributed by atoms with Crippen molar-refractivity contribution >= 4 is 28.2 Å². The molecule has 2 atom stereocenters. The fourth-order valence-corrected chi connectivity index (χ4v) is 3.88. The molecule has 0 saturated carbocycles. The van der Waals surface area contributed by atoms with Crippen LogP contribution in [-0.4, -0.2) is 12.4 Å². The normalized spacial score (nSPS) is 24.4. The first-order valence-electron chi connectivity index (χ1n) is 8.62. The number of ether oxygens (including phenoxy) is 1. The first-order chi connectivity index (χ1) is 11.5. The molecule has 1 aliphatic rings. The number of hydrogen-bond acceptors (Lipinski definition) is 3. The van der Waals surface area contributed by atoms with Gasteiger partial charge in [-0.1, -0.05) is 69.1 Å². The Bertz CT molecular complexity index is 771. The van der Waals surface area contributed by atoms with Crippen LogP contribution in [0.2, 0.25) is 5.02 Å². The monoisotopic (exact) mass is 344 g/mol. The minimum absolute atomic E-state index is 0.159. The van der Waals surface area contributed by atoms with Gasteiger partial charge in [-0.25, -0.2) is 4.99 Å². The van der Waals surface area contributed by atoms with E-state index in [2.05, 4.69) is 26.8 Å². The van der Waals surface area contributed by atoms with Crippen LogP contribution in [0.1, 0.15) is 45.4 Å². The van der Waals surface area contributed by atoms with Gasteiger partial charge in [0.05, 0.1) is 12.0 Å². The number of aliphatic imine (C=N–C) groups is 1. The summed E-state index contributed by atoms with van der Waals surface area (Å²) in [6.45, 7) is 7.17. The van der Waals surface area contributed by atoms with Gasteiger partial charge in [-0.3, -0.25) is 0 Å². The number of halogens is 1. The summed E-state index contributed by atoms with van der Waals surface area (Å²) in [4.78, 5) is 4.75. The van der Waals surface area contributed by atoms with Crippen LogP contribution in [0.5, 0.6) is 0 Å². The highest BCUT2D eigenvalue weighted by Crippen LogP contribution is 2.41. The van der Waals surface area contributed by atoms with Gasteiger partial charge in [0.15, 0.2) is 6.23 Å². The van der Waals surface area contributed by atoms with Crippen molar-refractivity contribution in [1.29, 1.82) is 0 Å². The van der Waals surface area contributed by atoms with Crippen LogP contribution < -0.4 is 5.73 Å². The van der Waals surface area contributed by atoms with Crippen LogP contribution in [0, 0.1) is 11.3 Å². The van der Waals surface area contributed by atoms with Crippen molar-refractivity contribution in [3.63, 3.8) is 0 Å². The Morgan fingerprint density at radius 3 is 2.58 bits per heavy atom. The van der Waals surface area contributed by atoms with E-state index in [0.29, 0.717) is 12.5 Å². The van der Waals surface area contributed by atoms with E-state index in [4.69, 9.17) is 27.1 Å². The number of amidine groups is 1. The molecule has 0 bridgehead atoms. The number of nitrogens with zero attached hydrogens (tertiary/aromatic N) is 1. The SMILES string of the molecule is CCCC1(C(C)C)CO[C@@H](c2ccc(Cl)c3ccccc23)N=C1N. The van der Waals surface area contributed by atoms with Crippen molar-refractivity contribution in [2.24, 2.45) is 22.1 Å². The maximum absolute atomic E-state index is 6.45. The van der Waals surface area contributed by atoms with Crippen LogP contribution >= 0.6 is 11.6 Å². The maximum atomic E-state index is 6.45. The minimum Gasteiger partial charge on any atom is -0.387 e. The molecule has 1 unspecified atom stereocenters. The molecule has 4 heteroatoms. The summed E-state index contributed by atoms with van der Waals surface area (Å²) in [6, 6.07) is 12.0. The van der Waals surface area contributed by atoms with Gasteiger partial charge in [0, 0.05) is 16.0 Å². The van der Waals surface area contributed by atoms with Crippen LogP contribution in [0.15, 0.2) is 41.4 Å². The zero-order valence-corrected chi connectivity index (χ0v) is 15.3. The lowest BCUT2D eigenvalue weighted by Crippen LogP contribution is -2.48. The van der Waals surface area contributed by atoms with E-state index in [0.717, 1.165) is 40.0 Å². The third-order valence-electron chi connectivity index (χ3n) is 5.24. The lowest BCUT2D eigenvalue weighted by atomic mass is 9.72. The third-order valence-corrected chi connectivity index (χ3v) is 5.57. The molecule has 2 N–H and O–H groups in total. The van der Waals surface area contributed by atoms with E-state index in [1.807, 2.05) is 30.3 Å². The summed E-state index contributed by atoms with van der Waals surface area (Å²) in [6.07, 6.45) is 1.69. The molecule has 2 aromatic rings. The number of rotatable bonds is 4. The summed E-state index contributed by atoms with van der Waals surface area (Å²) in [5.41, 5.74) is 7.31. The van der Waals surface area contributed by atoms with Gasteiger partial charge in [0.2, 0.25) is 0 Å². The van der Waals surface area contributed by atoms with E-state index in [1.54, 1.807) is 0 Å². The Labute approximate surface area is 148 Å². The second-order valence-corrected chi connectivity index (χ2v) is 7.33. The van der Waals surface area contributed by atoms with E-state index < -0.39 is 0 Å². The molecule has 0 radical (unpaired) electrons. The first-order valence-corrected chi connectivity index (χ1v) is 9.00. The van der Waals surface area contributed by atoms with Crippen molar-refractivity contribution in [2.75, 3.05) is 6.61 Å². The van der Waals surface area contributed by atoms with E-state index in [-0.39, 0.29) is 11.6 Å². The molecule has 1 aliphatic heterocycles. The summed E-state index contributed by atoms with van der Waals surface area (Å²) in [5.74, 6) is 1.11. The lowest BCUT2D eigenvalue weighted by molar-refractivity contribution is -0.0177. The molecule has 0 aliphatic carbocycles. The van der Waals surface area contributed by atoms with Crippen LogP contribution in [0.25, 0.3) is 10.8 Å². The number of benzene rings is 2. The van der Waals surface area contributed by atoms with E-state index in [9.17, 15) is 0 Å². The fourth-order valence-electron chi connectivity index (χ4n) is 3.65. The average Bonchev–Trinajstić information content (AvgIpc) is 2.57. The van der Waals surface area contributed by atoms with Gasteiger partial charge >= 0.3 is 0 Å². The molecule has 0 aromatic heterocycles. The van der Waals surface area contributed by atoms with Gasteiger partial charge in [0.25, 0.3) is 0 Å². The van der Waals surface area contributed by atoms with Gasteiger partial charge in [0.1, 0.15) is 5.84 Å². The van der Waals surface area contributed by atoms with Gasteiger partial charge in [-0.15, -0.1) is 0 Å². The molecular formula is C20H25ClN2O. The van der Waals surface area contributed by atoms with Crippen LogP contribution in [-0.2, 0) is 4.74 Å². The summed E-state index contributed by atoms with van der Waals surface area (Å²) >= 11 is 6.32. The minimum atomic E-state index is -0.365. The summed E-state index contributed by atoms with van der Waals surface area (Å²) in [7, 11) is 0. The standard InChI is InChI=1S/C20H25ClN2O/c1-4-11-20(13(2)3)12-24-18(23-19(20)22)16-9-10-17(21)15-8-6-5-7-14(15)16/h5-10,13,18H,4,11-12H2,1-3H3,(H2,22,23)/t18-,20?/m0/s1. The van der Waals surface area contributed by atoms with Gasteiger partial charge in [-0.05, 0) is 23.8 Å². The zero-order valence-electron chi connectivity index (χ0n) is 14.6. The van der Waals surface area contributed by atoms with Crippen molar-refractivity contribution in [2.45, 2.75) is 39.8 Å². The molecule has 0 spiro atoms. The number of hydrogen-bond donors (Lipinski definition) is 1. The van der Waals surface area contributed by atoms with Gasteiger partial charge < -0.3 is 10.5 Å². The molecule has 0 fully saturated rings.